The summed E-state index contributed by atoms with van der Waals surface area (Å²) >= 11 is 0. The van der Waals surface area contributed by atoms with Crippen LogP contribution in [-0.2, 0) is 9.59 Å². The van der Waals surface area contributed by atoms with E-state index in [0.29, 0.717) is 0 Å². The third kappa shape index (κ3) is 6.32. The van der Waals surface area contributed by atoms with E-state index in [4.69, 9.17) is 4.74 Å². The van der Waals surface area contributed by atoms with E-state index < -0.39 is 6.04 Å². The van der Waals surface area contributed by atoms with Gasteiger partial charge in [0.15, 0.2) is 0 Å². The number of hydrogen-bond donors (Lipinski definition) is 3. The number of hydrogen-bond acceptors (Lipinski definition) is 4. The van der Waals surface area contributed by atoms with Crippen LogP contribution in [0.4, 0.5) is 5.69 Å². The lowest BCUT2D eigenvalue weighted by molar-refractivity contribution is -0.125. The molecule has 2 amide bonds. The number of nitrogens with one attached hydrogen (secondary N) is 3. The minimum absolute atomic E-state index is 0.0325. The Kier molecular flexibility index (Phi) is 8.21. The zero-order chi connectivity index (χ0) is 21.4. The van der Waals surface area contributed by atoms with E-state index >= 15 is 0 Å². The van der Waals surface area contributed by atoms with E-state index in [9.17, 15) is 9.59 Å². The standard InChI is InChI=1S/C23H31N3O3/c1-6-20(18-10-12-19(29-5)13-11-18)25-17(4)23(28)24-14-21(27)26-22-15(2)8-7-9-16(22)3/h7-13,17,20,25H,6,14H2,1-5H3,(H,24,28)(H,26,27)/t17-,20+/m0/s1. The lowest BCUT2D eigenvalue weighted by Crippen LogP contribution is -2.45. The topological polar surface area (TPSA) is 79.5 Å². The number of anilines is 1. The summed E-state index contributed by atoms with van der Waals surface area (Å²) in [5.41, 5.74) is 3.86. The first kappa shape index (κ1) is 22.4. The molecule has 6 nitrogen and oxygen atoms in total. The third-order valence-electron chi connectivity index (χ3n) is 4.94. The quantitative estimate of drug-likeness (QED) is 0.605. The zero-order valence-corrected chi connectivity index (χ0v) is 17.8. The summed E-state index contributed by atoms with van der Waals surface area (Å²) in [6.45, 7) is 7.67. The SMILES string of the molecule is CC[C@@H](N[C@@H](C)C(=O)NCC(=O)Nc1c(C)cccc1C)c1ccc(OC)cc1. The molecule has 0 spiro atoms. The molecule has 0 aliphatic rings. The van der Waals surface area contributed by atoms with E-state index in [0.717, 1.165) is 34.5 Å². The summed E-state index contributed by atoms with van der Waals surface area (Å²) in [4.78, 5) is 24.7. The van der Waals surface area contributed by atoms with E-state index in [1.165, 1.54) is 0 Å². The number of para-hydroxylation sites is 1. The first-order valence-corrected chi connectivity index (χ1v) is 9.89. The van der Waals surface area contributed by atoms with Crippen molar-refractivity contribution in [3.05, 3.63) is 59.2 Å². The van der Waals surface area contributed by atoms with Crippen LogP contribution in [0.1, 0.15) is 43.0 Å². The van der Waals surface area contributed by atoms with Crippen molar-refractivity contribution in [3.8, 4) is 5.75 Å². The molecular formula is C23H31N3O3. The fraction of sp³-hybridized carbons (Fsp3) is 0.391. The monoisotopic (exact) mass is 397 g/mol. The number of carbonyl (C=O) groups excluding carboxylic acids is 2. The smallest absolute Gasteiger partial charge is 0.243 e. The Hall–Kier alpha value is -2.86. The molecule has 0 bridgehead atoms. The average Bonchev–Trinajstić information content (AvgIpc) is 2.72. The molecule has 0 aliphatic carbocycles. The molecule has 0 unspecified atom stereocenters. The zero-order valence-electron chi connectivity index (χ0n) is 17.8. The van der Waals surface area contributed by atoms with Gasteiger partial charge in [-0.15, -0.1) is 0 Å². The van der Waals surface area contributed by atoms with Gasteiger partial charge < -0.3 is 15.4 Å². The summed E-state index contributed by atoms with van der Waals surface area (Å²) in [6, 6.07) is 13.2. The number of ether oxygens (including phenoxy) is 1. The molecule has 0 fully saturated rings. The van der Waals surface area contributed by atoms with Crippen molar-refractivity contribution in [1.29, 1.82) is 0 Å². The van der Waals surface area contributed by atoms with E-state index in [1.807, 2.05) is 56.3 Å². The average molecular weight is 398 g/mol. The number of aryl methyl sites for hydroxylation is 2. The summed E-state index contributed by atoms with van der Waals surface area (Å²) < 4.78 is 5.19. The Bertz CT molecular complexity index is 814. The van der Waals surface area contributed by atoms with Crippen molar-refractivity contribution in [1.82, 2.24) is 10.6 Å². The second-order valence-electron chi connectivity index (χ2n) is 7.16. The lowest BCUT2D eigenvalue weighted by Gasteiger charge is -2.22. The number of methoxy groups -OCH3 is 1. The summed E-state index contributed by atoms with van der Waals surface area (Å²) in [5.74, 6) is 0.336. The van der Waals surface area contributed by atoms with E-state index in [-0.39, 0.29) is 24.4 Å². The molecule has 0 saturated carbocycles. The van der Waals surface area contributed by atoms with E-state index in [1.54, 1.807) is 14.0 Å². The molecule has 2 rings (SSSR count). The van der Waals surface area contributed by atoms with Crippen LogP contribution < -0.4 is 20.7 Å². The maximum absolute atomic E-state index is 12.4. The van der Waals surface area contributed by atoms with Gasteiger partial charge in [-0.1, -0.05) is 37.3 Å². The molecule has 0 heterocycles. The molecule has 156 valence electrons. The van der Waals surface area contributed by atoms with Crippen molar-refractivity contribution in [2.24, 2.45) is 0 Å². The van der Waals surface area contributed by atoms with Crippen molar-refractivity contribution in [2.45, 2.75) is 46.2 Å². The highest BCUT2D eigenvalue weighted by Gasteiger charge is 2.19. The van der Waals surface area contributed by atoms with Crippen LogP contribution in [0.3, 0.4) is 0 Å². The highest BCUT2D eigenvalue weighted by atomic mass is 16.5. The summed E-state index contributed by atoms with van der Waals surface area (Å²) in [7, 11) is 1.63. The first-order chi connectivity index (χ1) is 13.8. The third-order valence-corrected chi connectivity index (χ3v) is 4.94. The van der Waals surface area contributed by atoms with Crippen LogP contribution in [-0.4, -0.2) is 31.5 Å². The van der Waals surface area contributed by atoms with Crippen LogP contribution in [0.2, 0.25) is 0 Å². The summed E-state index contributed by atoms with van der Waals surface area (Å²) in [6.07, 6.45) is 0.830. The largest absolute Gasteiger partial charge is 0.497 e. The second-order valence-corrected chi connectivity index (χ2v) is 7.16. The molecule has 2 atom stereocenters. The van der Waals surface area contributed by atoms with Crippen molar-refractivity contribution >= 4 is 17.5 Å². The highest BCUT2D eigenvalue weighted by Crippen LogP contribution is 2.21. The second kappa shape index (κ2) is 10.6. The van der Waals surface area contributed by atoms with Gasteiger partial charge in [0.25, 0.3) is 0 Å². The maximum Gasteiger partial charge on any atom is 0.243 e. The number of benzene rings is 2. The minimum atomic E-state index is -0.435. The Labute approximate surface area is 173 Å². The normalized spacial score (nSPS) is 12.7. The predicted octanol–water partition coefficient (Wildman–Crippen LogP) is 3.50. The van der Waals surface area contributed by atoms with Crippen molar-refractivity contribution in [2.75, 3.05) is 19.0 Å². The minimum Gasteiger partial charge on any atom is -0.497 e. The Balaban J connectivity index is 1.88. The molecule has 0 aliphatic heterocycles. The number of carbonyl (C=O) groups is 2. The van der Waals surface area contributed by atoms with Crippen molar-refractivity contribution in [3.63, 3.8) is 0 Å². The summed E-state index contributed by atoms with van der Waals surface area (Å²) in [5, 5.41) is 8.91. The number of rotatable bonds is 9. The fourth-order valence-corrected chi connectivity index (χ4v) is 3.18. The van der Waals surface area contributed by atoms with E-state index in [2.05, 4.69) is 22.9 Å². The molecule has 0 radical (unpaired) electrons. The Morgan fingerprint density at radius 3 is 2.21 bits per heavy atom. The predicted molar refractivity (Wildman–Crippen MR) is 116 cm³/mol. The molecular weight excluding hydrogens is 366 g/mol. The molecule has 3 N–H and O–H groups in total. The Morgan fingerprint density at radius 1 is 1.03 bits per heavy atom. The fourth-order valence-electron chi connectivity index (χ4n) is 3.18. The van der Waals surface area contributed by atoms with Crippen molar-refractivity contribution < 1.29 is 14.3 Å². The maximum atomic E-state index is 12.4. The van der Waals surface area contributed by atoms with Gasteiger partial charge in [-0.05, 0) is 56.0 Å². The molecule has 2 aromatic rings. The van der Waals surface area contributed by atoms with Gasteiger partial charge in [-0.3, -0.25) is 14.9 Å². The first-order valence-electron chi connectivity index (χ1n) is 9.89. The molecule has 6 heteroatoms. The molecule has 0 saturated heterocycles. The molecule has 29 heavy (non-hydrogen) atoms. The van der Waals surface area contributed by atoms with Gasteiger partial charge in [0.05, 0.1) is 19.7 Å². The molecule has 0 aromatic heterocycles. The molecule has 2 aromatic carbocycles. The van der Waals surface area contributed by atoms with Gasteiger partial charge in [0.2, 0.25) is 11.8 Å². The highest BCUT2D eigenvalue weighted by molar-refractivity contribution is 5.96. The van der Waals surface area contributed by atoms with Crippen LogP contribution in [0.25, 0.3) is 0 Å². The lowest BCUT2D eigenvalue weighted by atomic mass is 10.0. The van der Waals surface area contributed by atoms with Crippen LogP contribution in [0, 0.1) is 13.8 Å². The van der Waals surface area contributed by atoms with Gasteiger partial charge in [-0.2, -0.15) is 0 Å². The van der Waals surface area contributed by atoms with Crippen LogP contribution in [0.5, 0.6) is 5.75 Å². The van der Waals surface area contributed by atoms with Gasteiger partial charge in [0.1, 0.15) is 5.75 Å². The van der Waals surface area contributed by atoms with Crippen LogP contribution in [0.15, 0.2) is 42.5 Å². The van der Waals surface area contributed by atoms with Gasteiger partial charge in [-0.25, -0.2) is 0 Å². The number of amides is 2. The Morgan fingerprint density at radius 2 is 1.66 bits per heavy atom. The van der Waals surface area contributed by atoms with Gasteiger partial charge >= 0.3 is 0 Å². The van der Waals surface area contributed by atoms with Crippen LogP contribution >= 0.6 is 0 Å². The van der Waals surface area contributed by atoms with Gasteiger partial charge in [0, 0.05) is 11.7 Å².